The van der Waals surface area contributed by atoms with Gasteiger partial charge in [-0.15, -0.1) is 0 Å². The first-order chi connectivity index (χ1) is 8.67. The Bertz CT molecular complexity index is 390. The second kappa shape index (κ2) is 7.71. The van der Waals surface area contributed by atoms with Crippen molar-refractivity contribution in [2.75, 3.05) is 20.8 Å². The Morgan fingerprint density at radius 2 is 2.11 bits per heavy atom. The number of benzene rings is 1. The Labute approximate surface area is 109 Å². The van der Waals surface area contributed by atoms with Crippen LogP contribution in [0.2, 0.25) is 0 Å². The van der Waals surface area contributed by atoms with Gasteiger partial charge in [-0.3, -0.25) is 4.99 Å². The summed E-state index contributed by atoms with van der Waals surface area (Å²) in [6.45, 7) is 5.60. The van der Waals surface area contributed by atoms with Gasteiger partial charge in [-0.05, 0) is 25.0 Å². The third-order valence-electron chi connectivity index (χ3n) is 2.73. The first-order valence-electron chi connectivity index (χ1n) is 6.18. The van der Waals surface area contributed by atoms with E-state index in [2.05, 4.69) is 41.6 Å². The minimum Gasteiger partial charge on any atom is -0.383 e. The Hall–Kier alpha value is -1.55. The van der Waals surface area contributed by atoms with Crippen LogP contribution in [0.3, 0.4) is 0 Å². The van der Waals surface area contributed by atoms with E-state index in [1.165, 1.54) is 11.1 Å². The molecule has 1 unspecified atom stereocenters. The van der Waals surface area contributed by atoms with Crippen LogP contribution >= 0.6 is 0 Å². The third-order valence-corrected chi connectivity index (χ3v) is 2.73. The average molecular weight is 249 g/mol. The lowest BCUT2D eigenvalue weighted by atomic mass is 10.1. The van der Waals surface area contributed by atoms with Crippen molar-refractivity contribution in [3.05, 3.63) is 35.4 Å². The molecule has 0 fully saturated rings. The SMILES string of the molecule is CN=C(NCc1ccccc1C)NC(C)COC. The van der Waals surface area contributed by atoms with Gasteiger partial charge in [-0.25, -0.2) is 0 Å². The molecule has 2 N–H and O–H groups in total. The second-order valence-corrected chi connectivity index (χ2v) is 4.35. The van der Waals surface area contributed by atoms with E-state index in [0.717, 1.165) is 12.5 Å². The standard InChI is InChI=1S/C14H23N3O/c1-11-7-5-6-8-13(11)9-16-14(15-3)17-12(2)10-18-4/h5-8,12H,9-10H2,1-4H3,(H2,15,16,17). The number of methoxy groups -OCH3 is 1. The number of nitrogens with one attached hydrogen (secondary N) is 2. The summed E-state index contributed by atoms with van der Waals surface area (Å²) in [7, 11) is 3.47. The third kappa shape index (κ3) is 4.75. The summed E-state index contributed by atoms with van der Waals surface area (Å²) >= 11 is 0. The minimum absolute atomic E-state index is 0.234. The van der Waals surface area contributed by atoms with Crippen LogP contribution in [0.15, 0.2) is 29.3 Å². The highest BCUT2D eigenvalue weighted by atomic mass is 16.5. The summed E-state index contributed by atoms with van der Waals surface area (Å²) in [5.74, 6) is 0.794. The van der Waals surface area contributed by atoms with Gasteiger partial charge in [0.2, 0.25) is 0 Å². The molecule has 1 rings (SSSR count). The van der Waals surface area contributed by atoms with E-state index >= 15 is 0 Å². The molecule has 4 nitrogen and oxygen atoms in total. The molecule has 0 bridgehead atoms. The van der Waals surface area contributed by atoms with Gasteiger partial charge in [0, 0.05) is 26.7 Å². The van der Waals surface area contributed by atoms with Crippen molar-refractivity contribution >= 4 is 5.96 Å². The van der Waals surface area contributed by atoms with Gasteiger partial charge in [0.15, 0.2) is 5.96 Å². The molecule has 0 saturated carbocycles. The fourth-order valence-corrected chi connectivity index (χ4v) is 1.71. The second-order valence-electron chi connectivity index (χ2n) is 4.35. The van der Waals surface area contributed by atoms with Crippen LogP contribution in [0.5, 0.6) is 0 Å². The maximum Gasteiger partial charge on any atom is 0.191 e. The van der Waals surface area contributed by atoms with Crippen molar-refractivity contribution in [3.63, 3.8) is 0 Å². The number of ether oxygens (including phenoxy) is 1. The van der Waals surface area contributed by atoms with Crippen molar-refractivity contribution in [3.8, 4) is 0 Å². The highest BCUT2D eigenvalue weighted by Crippen LogP contribution is 2.05. The van der Waals surface area contributed by atoms with Crippen molar-refractivity contribution in [2.24, 2.45) is 4.99 Å². The average Bonchev–Trinajstić information content (AvgIpc) is 2.36. The molecular formula is C14H23N3O. The monoisotopic (exact) mass is 249 g/mol. The van der Waals surface area contributed by atoms with Gasteiger partial charge >= 0.3 is 0 Å². The molecule has 4 heteroatoms. The summed E-state index contributed by atoms with van der Waals surface area (Å²) in [5.41, 5.74) is 2.56. The van der Waals surface area contributed by atoms with E-state index < -0.39 is 0 Å². The molecule has 0 aliphatic heterocycles. The summed E-state index contributed by atoms with van der Waals surface area (Å²) in [4.78, 5) is 4.19. The van der Waals surface area contributed by atoms with Crippen molar-refractivity contribution in [2.45, 2.75) is 26.4 Å². The zero-order valence-electron chi connectivity index (χ0n) is 11.7. The zero-order chi connectivity index (χ0) is 13.4. The normalized spacial score (nSPS) is 13.2. The maximum atomic E-state index is 5.09. The highest BCUT2D eigenvalue weighted by molar-refractivity contribution is 5.79. The van der Waals surface area contributed by atoms with Crippen LogP contribution in [0.4, 0.5) is 0 Å². The van der Waals surface area contributed by atoms with E-state index in [1.807, 2.05) is 12.1 Å². The number of hydrogen-bond donors (Lipinski definition) is 2. The molecule has 0 radical (unpaired) electrons. The lowest BCUT2D eigenvalue weighted by molar-refractivity contribution is 0.179. The summed E-state index contributed by atoms with van der Waals surface area (Å²) in [5, 5.41) is 6.57. The zero-order valence-corrected chi connectivity index (χ0v) is 11.7. The smallest absolute Gasteiger partial charge is 0.191 e. The molecule has 0 aromatic heterocycles. The molecule has 1 atom stereocenters. The fourth-order valence-electron chi connectivity index (χ4n) is 1.71. The summed E-state index contributed by atoms with van der Waals surface area (Å²) in [6.07, 6.45) is 0. The number of aliphatic imine (C=N–C) groups is 1. The molecule has 0 saturated heterocycles. The van der Waals surface area contributed by atoms with Gasteiger partial charge in [-0.2, -0.15) is 0 Å². The molecule has 18 heavy (non-hydrogen) atoms. The number of nitrogens with zero attached hydrogens (tertiary/aromatic N) is 1. The lowest BCUT2D eigenvalue weighted by Gasteiger charge is -2.17. The van der Waals surface area contributed by atoms with Gasteiger partial charge < -0.3 is 15.4 Å². The quantitative estimate of drug-likeness (QED) is 0.616. The van der Waals surface area contributed by atoms with Crippen LogP contribution in [0, 0.1) is 6.92 Å². The van der Waals surface area contributed by atoms with Crippen molar-refractivity contribution in [1.29, 1.82) is 0 Å². The van der Waals surface area contributed by atoms with E-state index in [9.17, 15) is 0 Å². The molecule has 0 amide bonds. The first kappa shape index (κ1) is 14.5. The predicted octanol–water partition coefficient (Wildman–Crippen LogP) is 1.69. The molecule has 1 aromatic carbocycles. The molecule has 0 spiro atoms. The first-order valence-corrected chi connectivity index (χ1v) is 6.18. The molecule has 0 heterocycles. The molecule has 100 valence electrons. The Balaban J connectivity index is 2.48. The van der Waals surface area contributed by atoms with Gasteiger partial charge in [-0.1, -0.05) is 24.3 Å². The van der Waals surface area contributed by atoms with Crippen molar-refractivity contribution in [1.82, 2.24) is 10.6 Å². The van der Waals surface area contributed by atoms with Gasteiger partial charge in [0.1, 0.15) is 0 Å². The minimum atomic E-state index is 0.234. The Morgan fingerprint density at radius 3 is 2.72 bits per heavy atom. The topological polar surface area (TPSA) is 45.7 Å². The van der Waals surface area contributed by atoms with Crippen LogP contribution in [0.1, 0.15) is 18.1 Å². The van der Waals surface area contributed by atoms with Crippen molar-refractivity contribution < 1.29 is 4.74 Å². The van der Waals surface area contributed by atoms with Crippen LogP contribution in [0.25, 0.3) is 0 Å². The molecular weight excluding hydrogens is 226 g/mol. The van der Waals surface area contributed by atoms with Crippen LogP contribution < -0.4 is 10.6 Å². The number of guanidine groups is 1. The highest BCUT2D eigenvalue weighted by Gasteiger charge is 2.04. The van der Waals surface area contributed by atoms with Crippen LogP contribution in [-0.4, -0.2) is 32.8 Å². The predicted molar refractivity (Wildman–Crippen MR) is 75.9 cm³/mol. The Morgan fingerprint density at radius 1 is 1.39 bits per heavy atom. The number of hydrogen-bond acceptors (Lipinski definition) is 2. The summed E-state index contributed by atoms with van der Waals surface area (Å²) < 4.78 is 5.09. The number of rotatable bonds is 5. The number of aryl methyl sites for hydroxylation is 1. The van der Waals surface area contributed by atoms with E-state index in [-0.39, 0.29) is 6.04 Å². The van der Waals surface area contributed by atoms with E-state index in [0.29, 0.717) is 6.61 Å². The lowest BCUT2D eigenvalue weighted by Crippen LogP contribution is -2.43. The van der Waals surface area contributed by atoms with E-state index in [1.54, 1.807) is 14.2 Å². The summed E-state index contributed by atoms with van der Waals surface area (Å²) in [6, 6.07) is 8.56. The fraction of sp³-hybridized carbons (Fsp3) is 0.500. The molecule has 0 aliphatic carbocycles. The van der Waals surface area contributed by atoms with Crippen LogP contribution in [-0.2, 0) is 11.3 Å². The van der Waals surface area contributed by atoms with Gasteiger partial charge in [0.05, 0.1) is 6.61 Å². The largest absolute Gasteiger partial charge is 0.383 e. The van der Waals surface area contributed by atoms with E-state index in [4.69, 9.17) is 4.74 Å². The Kier molecular flexibility index (Phi) is 6.22. The maximum absolute atomic E-state index is 5.09. The molecule has 0 aliphatic rings. The van der Waals surface area contributed by atoms with Gasteiger partial charge in [0.25, 0.3) is 0 Å². The molecule has 1 aromatic rings.